The Kier molecular flexibility index (Phi) is 3.91. The SMILES string of the molecule is CC(C)c1cc(NN)nc(Nc2cccc(F)c2)n1. The summed E-state index contributed by atoms with van der Waals surface area (Å²) in [5.41, 5.74) is 3.93. The van der Waals surface area contributed by atoms with Crippen molar-refractivity contribution in [1.82, 2.24) is 9.97 Å². The lowest BCUT2D eigenvalue weighted by Gasteiger charge is -2.11. The van der Waals surface area contributed by atoms with E-state index in [1.807, 2.05) is 13.8 Å². The molecule has 0 unspecified atom stereocenters. The van der Waals surface area contributed by atoms with Crippen molar-refractivity contribution in [2.75, 3.05) is 10.7 Å². The minimum Gasteiger partial charge on any atom is -0.324 e. The molecule has 6 heteroatoms. The number of hydrogen-bond acceptors (Lipinski definition) is 5. The summed E-state index contributed by atoms with van der Waals surface area (Å²) >= 11 is 0. The Hall–Kier alpha value is -2.21. The molecule has 0 saturated carbocycles. The highest BCUT2D eigenvalue weighted by molar-refractivity contribution is 5.55. The molecule has 0 saturated heterocycles. The van der Waals surface area contributed by atoms with E-state index in [1.165, 1.54) is 12.1 Å². The third-order valence-electron chi connectivity index (χ3n) is 2.57. The topological polar surface area (TPSA) is 75.9 Å². The quantitative estimate of drug-likeness (QED) is 0.583. The van der Waals surface area contributed by atoms with Gasteiger partial charge in [-0.05, 0) is 24.1 Å². The Balaban J connectivity index is 2.31. The smallest absolute Gasteiger partial charge is 0.229 e. The largest absolute Gasteiger partial charge is 0.324 e. The number of nitrogen functional groups attached to an aromatic ring is 1. The van der Waals surface area contributed by atoms with E-state index in [4.69, 9.17) is 5.84 Å². The second-order valence-electron chi connectivity index (χ2n) is 4.44. The first-order chi connectivity index (χ1) is 9.08. The third kappa shape index (κ3) is 3.38. The average Bonchev–Trinajstić information content (AvgIpc) is 2.38. The Bertz CT molecular complexity index is 571. The van der Waals surface area contributed by atoms with Gasteiger partial charge >= 0.3 is 0 Å². The highest BCUT2D eigenvalue weighted by atomic mass is 19.1. The molecule has 2 rings (SSSR count). The number of nitrogens with one attached hydrogen (secondary N) is 2. The lowest BCUT2D eigenvalue weighted by atomic mass is 10.1. The highest BCUT2D eigenvalue weighted by Gasteiger charge is 2.07. The van der Waals surface area contributed by atoms with Crippen LogP contribution in [0.1, 0.15) is 25.5 Å². The van der Waals surface area contributed by atoms with Crippen molar-refractivity contribution in [3.8, 4) is 0 Å². The maximum absolute atomic E-state index is 13.1. The fourth-order valence-corrected chi connectivity index (χ4v) is 1.59. The van der Waals surface area contributed by atoms with Crippen LogP contribution in [0.15, 0.2) is 30.3 Å². The van der Waals surface area contributed by atoms with Crippen LogP contribution < -0.4 is 16.6 Å². The molecule has 0 aliphatic heterocycles. The standard InChI is InChI=1S/C13H16FN5/c1-8(2)11-7-12(19-15)18-13(17-11)16-10-5-3-4-9(14)6-10/h3-8H,15H2,1-2H3,(H2,16,17,18,19). The predicted molar refractivity (Wildman–Crippen MR) is 73.6 cm³/mol. The molecule has 5 nitrogen and oxygen atoms in total. The summed E-state index contributed by atoms with van der Waals surface area (Å²) in [6.45, 7) is 4.04. The molecule has 0 radical (unpaired) electrons. The van der Waals surface area contributed by atoms with Gasteiger partial charge in [-0.15, -0.1) is 0 Å². The van der Waals surface area contributed by atoms with Gasteiger partial charge in [0.05, 0.1) is 5.69 Å². The van der Waals surface area contributed by atoms with Crippen LogP contribution in [0, 0.1) is 5.82 Å². The summed E-state index contributed by atoms with van der Waals surface area (Å²) in [5.74, 6) is 6.19. The fourth-order valence-electron chi connectivity index (χ4n) is 1.59. The van der Waals surface area contributed by atoms with E-state index in [2.05, 4.69) is 20.7 Å². The molecular weight excluding hydrogens is 245 g/mol. The summed E-state index contributed by atoms with van der Waals surface area (Å²) in [7, 11) is 0. The van der Waals surface area contributed by atoms with Crippen molar-refractivity contribution in [1.29, 1.82) is 0 Å². The van der Waals surface area contributed by atoms with Crippen molar-refractivity contribution in [2.24, 2.45) is 5.84 Å². The van der Waals surface area contributed by atoms with E-state index in [0.29, 0.717) is 17.5 Å². The van der Waals surface area contributed by atoms with Gasteiger partial charge < -0.3 is 10.7 Å². The summed E-state index contributed by atoms with van der Waals surface area (Å²) in [6, 6.07) is 7.89. The molecule has 0 amide bonds. The fraction of sp³-hybridized carbons (Fsp3) is 0.231. The summed E-state index contributed by atoms with van der Waals surface area (Å²) in [6.07, 6.45) is 0. The second-order valence-corrected chi connectivity index (χ2v) is 4.44. The molecule has 19 heavy (non-hydrogen) atoms. The van der Waals surface area contributed by atoms with Crippen molar-refractivity contribution in [2.45, 2.75) is 19.8 Å². The van der Waals surface area contributed by atoms with Gasteiger partial charge in [-0.3, -0.25) is 0 Å². The van der Waals surface area contributed by atoms with Crippen molar-refractivity contribution >= 4 is 17.5 Å². The minimum atomic E-state index is -0.317. The molecule has 1 aromatic carbocycles. The van der Waals surface area contributed by atoms with E-state index < -0.39 is 0 Å². The first kappa shape index (κ1) is 13.2. The number of hydrazine groups is 1. The molecule has 1 heterocycles. The number of anilines is 3. The maximum atomic E-state index is 13.1. The van der Waals surface area contributed by atoms with Crippen LogP contribution in [0.3, 0.4) is 0 Å². The molecule has 0 aliphatic rings. The highest BCUT2D eigenvalue weighted by Crippen LogP contribution is 2.20. The van der Waals surface area contributed by atoms with E-state index in [9.17, 15) is 4.39 Å². The molecule has 4 N–H and O–H groups in total. The Morgan fingerprint density at radius 2 is 2.00 bits per heavy atom. The third-order valence-corrected chi connectivity index (χ3v) is 2.57. The van der Waals surface area contributed by atoms with Gasteiger partial charge in [-0.25, -0.2) is 15.2 Å². The average molecular weight is 261 g/mol. The van der Waals surface area contributed by atoms with Crippen molar-refractivity contribution < 1.29 is 4.39 Å². The maximum Gasteiger partial charge on any atom is 0.229 e. The number of nitrogens with zero attached hydrogens (tertiary/aromatic N) is 2. The molecule has 0 atom stereocenters. The first-order valence-corrected chi connectivity index (χ1v) is 5.96. The first-order valence-electron chi connectivity index (χ1n) is 5.96. The lowest BCUT2D eigenvalue weighted by Crippen LogP contribution is -2.11. The number of nitrogens with two attached hydrogens (primary N) is 1. The number of benzene rings is 1. The van der Waals surface area contributed by atoms with Crippen LogP contribution >= 0.6 is 0 Å². The lowest BCUT2D eigenvalue weighted by molar-refractivity contribution is 0.628. The van der Waals surface area contributed by atoms with Gasteiger partial charge in [0.1, 0.15) is 11.6 Å². The zero-order valence-corrected chi connectivity index (χ0v) is 10.8. The monoisotopic (exact) mass is 261 g/mol. The van der Waals surface area contributed by atoms with Gasteiger partial charge in [-0.1, -0.05) is 19.9 Å². The molecule has 0 bridgehead atoms. The van der Waals surface area contributed by atoms with Gasteiger partial charge in [0, 0.05) is 11.8 Å². The summed E-state index contributed by atoms with van der Waals surface area (Å²) < 4.78 is 13.1. The Labute approximate surface area is 111 Å². The van der Waals surface area contributed by atoms with E-state index in [0.717, 1.165) is 5.69 Å². The van der Waals surface area contributed by atoms with Crippen LogP contribution in [0.5, 0.6) is 0 Å². The van der Waals surface area contributed by atoms with E-state index in [1.54, 1.807) is 18.2 Å². The van der Waals surface area contributed by atoms with Crippen LogP contribution in [-0.2, 0) is 0 Å². The van der Waals surface area contributed by atoms with Gasteiger partial charge in [0.2, 0.25) is 5.95 Å². The summed E-state index contributed by atoms with van der Waals surface area (Å²) in [4.78, 5) is 8.54. The molecule has 0 fully saturated rings. The zero-order chi connectivity index (χ0) is 13.8. The van der Waals surface area contributed by atoms with Crippen LogP contribution in [0.25, 0.3) is 0 Å². The number of halogens is 1. The summed E-state index contributed by atoms with van der Waals surface area (Å²) in [5, 5.41) is 2.96. The van der Waals surface area contributed by atoms with Crippen LogP contribution in [-0.4, -0.2) is 9.97 Å². The van der Waals surface area contributed by atoms with E-state index >= 15 is 0 Å². The molecule has 100 valence electrons. The van der Waals surface area contributed by atoms with Gasteiger partial charge in [0.15, 0.2) is 0 Å². The Morgan fingerprint density at radius 1 is 1.21 bits per heavy atom. The van der Waals surface area contributed by atoms with Gasteiger partial charge in [-0.2, -0.15) is 4.98 Å². The molecule has 0 spiro atoms. The van der Waals surface area contributed by atoms with Crippen LogP contribution in [0.4, 0.5) is 21.8 Å². The Morgan fingerprint density at radius 3 is 2.63 bits per heavy atom. The second kappa shape index (κ2) is 5.62. The molecule has 1 aromatic heterocycles. The minimum absolute atomic E-state index is 0.239. The predicted octanol–water partition coefficient (Wildman–Crippen LogP) is 2.77. The molecular formula is C13H16FN5. The number of hydrogen-bond donors (Lipinski definition) is 3. The van der Waals surface area contributed by atoms with Crippen molar-refractivity contribution in [3.63, 3.8) is 0 Å². The number of aromatic nitrogens is 2. The van der Waals surface area contributed by atoms with E-state index in [-0.39, 0.29) is 11.7 Å². The van der Waals surface area contributed by atoms with Crippen molar-refractivity contribution in [3.05, 3.63) is 41.8 Å². The zero-order valence-electron chi connectivity index (χ0n) is 10.8. The molecule has 2 aromatic rings. The number of rotatable bonds is 4. The molecule has 0 aliphatic carbocycles. The van der Waals surface area contributed by atoms with Gasteiger partial charge in [0.25, 0.3) is 0 Å². The normalized spacial score (nSPS) is 10.6. The van der Waals surface area contributed by atoms with Crippen LogP contribution in [0.2, 0.25) is 0 Å².